The lowest BCUT2D eigenvalue weighted by Crippen LogP contribution is -2.36. The quantitative estimate of drug-likeness (QED) is 0.800. The predicted molar refractivity (Wildman–Crippen MR) is 78.1 cm³/mol. The van der Waals surface area contributed by atoms with Crippen LogP contribution in [0.15, 0.2) is 24.3 Å². The first kappa shape index (κ1) is 15.2. The third-order valence-corrected chi connectivity index (χ3v) is 3.50. The maximum atomic E-state index is 5.45. The van der Waals surface area contributed by atoms with Crippen LogP contribution in [-0.4, -0.2) is 25.3 Å². The van der Waals surface area contributed by atoms with Gasteiger partial charge in [0, 0.05) is 13.2 Å². The van der Waals surface area contributed by atoms with Crippen LogP contribution in [-0.2, 0) is 11.2 Å². The van der Waals surface area contributed by atoms with E-state index in [1.54, 1.807) is 7.11 Å². The lowest BCUT2D eigenvalue weighted by molar-refractivity contribution is 0.00865. The topological polar surface area (TPSA) is 21.3 Å². The second-order valence-corrected chi connectivity index (χ2v) is 5.70. The van der Waals surface area contributed by atoms with Crippen LogP contribution in [0.2, 0.25) is 0 Å². The number of hydrogen-bond acceptors (Lipinski definition) is 2. The van der Waals surface area contributed by atoms with Gasteiger partial charge in [-0.1, -0.05) is 24.3 Å². The molecule has 0 aliphatic carbocycles. The number of ether oxygens (including phenoxy) is 1. The minimum atomic E-state index is -0.0465. The average Bonchev–Trinajstić information content (AvgIpc) is 2.31. The largest absolute Gasteiger partial charge is 0.379 e. The first-order valence-corrected chi connectivity index (χ1v) is 6.77. The van der Waals surface area contributed by atoms with Crippen LogP contribution in [0.1, 0.15) is 38.3 Å². The molecule has 0 saturated carbocycles. The first-order valence-electron chi connectivity index (χ1n) is 6.77. The van der Waals surface area contributed by atoms with Crippen LogP contribution < -0.4 is 5.32 Å². The number of aryl methyl sites for hydroxylation is 1. The Hall–Kier alpha value is -0.860. The molecule has 102 valence electrons. The van der Waals surface area contributed by atoms with Gasteiger partial charge in [-0.3, -0.25) is 0 Å². The molecular formula is C16H27NO. The predicted octanol–water partition coefficient (Wildman–Crippen LogP) is 3.33. The molecule has 1 aromatic rings. The zero-order valence-corrected chi connectivity index (χ0v) is 12.4. The monoisotopic (exact) mass is 249 g/mol. The molecule has 0 heterocycles. The summed E-state index contributed by atoms with van der Waals surface area (Å²) in [7, 11) is 1.78. The highest BCUT2D eigenvalue weighted by Crippen LogP contribution is 2.15. The Morgan fingerprint density at radius 1 is 1.28 bits per heavy atom. The average molecular weight is 249 g/mol. The molecule has 18 heavy (non-hydrogen) atoms. The Bertz CT molecular complexity index is 360. The van der Waals surface area contributed by atoms with Crippen molar-refractivity contribution in [2.24, 2.45) is 0 Å². The maximum absolute atomic E-state index is 5.45. The van der Waals surface area contributed by atoms with Crippen molar-refractivity contribution < 1.29 is 4.74 Å². The number of benzene rings is 1. The minimum Gasteiger partial charge on any atom is -0.379 e. The van der Waals surface area contributed by atoms with Crippen LogP contribution >= 0.6 is 0 Å². The summed E-state index contributed by atoms with van der Waals surface area (Å²) >= 11 is 0. The Labute approximate surface area is 112 Å². The summed E-state index contributed by atoms with van der Waals surface area (Å²) < 4.78 is 5.45. The summed E-state index contributed by atoms with van der Waals surface area (Å²) in [5.41, 5.74) is 2.77. The lowest BCUT2D eigenvalue weighted by Gasteiger charge is -2.27. The summed E-state index contributed by atoms with van der Waals surface area (Å²) in [5.74, 6) is 0. The van der Waals surface area contributed by atoms with E-state index in [1.807, 2.05) is 0 Å². The van der Waals surface area contributed by atoms with E-state index in [2.05, 4.69) is 57.3 Å². The molecule has 0 bridgehead atoms. The third kappa shape index (κ3) is 5.19. The van der Waals surface area contributed by atoms with Crippen molar-refractivity contribution in [1.29, 1.82) is 0 Å². The molecule has 0 aliphatic rings. The van der Waals surface area contributed by atoms with E-state index in [0.29, 0.717) is 6.04 Å². The number of nitrogens with one attached hydrogen (secondary N) is 1. The first-order chi connectivity index (χ1) is 8.44. The van der Waals surface area contributed by atoms with E-state index in [-0.39, 0.29) is 5.60 Å². The molecule has 1 unspecified atom stereocenters. The fourth-order valence-electron chi connectivity index (χ4n) is 2.24. The molecule has 0 aliphatic heterocycles. The smallest absolute Gasteiger partial charge is 0.0637 e. The molecule has 0 radical (unpaired) electrons. The Morgan fingerprint density at radius 3 is 2.56 bits per heavy atom. The van der Waals surface area contributed by atoms with Gasteiger partial charge in [-0.2, -0.15) is 0 Å². The summed E-state index contributed by atoms with van der Waals surface area (Å²) in [5, 5.41) is 3.57. The van der Waals surface area contributed by atoms with Crippen molar-refractivity contribution in [2.75, 3.05) is 13.7 Å². The molecule has 0 aromatic heterocycles. The van der Waals surface area contributed by atoms with Gasteiger partial charge in [-0.05, 0) is 58.2 Å². The van der Waals surface area contributed by atoms with Gasteiger partial charge in [0.15, 0.2) is 0 Å². The van der Waals surface area contributed by atoms with Crippen LogP contribution in [0.3, 0.4) is 0 Å². The van der Waals surface area contributed by atoms with Crippen molar-refractivity contribution in [1.82, 2.24) is 5.32 Å². The van der Waals surface area contributed by atoms with Gasteiger partial charge >= 0.3 is 0 Å². The van der Waals surface area contributed by atoms with Crippen LogP contribution in [0.5, 0.6) is 0 Å². The van der Waals surface area contributed by atoms with Gasteiger partial charge in [0.1, 0.15) is 0 Å². The second kappa shape index (κ2) is 6.91. The highest BCUT2D eigenvalue weighted by atomic mass is 16.5. The molecule has 2 heteroatoms. The molecule has 0 fully saturated rings. The standard InChI is InChI=1S/C16H27NO/c1-13-8-6-7-9-15(13)10-11-17-14(2)12-16(3,4)18-5/h6-9,14,17H,10-12H2,1-5H3. The van der Waals surface area contributed by atoms with E-state index in [0.717, 1.165) is 19.4 Å². The van der Waals surface area contributed by atoms with E-state index < -0.39 is 0 Å². The van der Waals surface area contributed by atoms with Crippen molar-refractivity contribution in [3.63, 3.8) is 0 Å². The molecule has 1 atom stereocenters. The van der Waals surface area contributed by atoms with Gasteiger partial charge in [-0.25, -0.2) is 0 Å². The van der Waals surface area contributed by atoms with Crippen molar-refractivity contribution in [3.8, 4) is 0 Å². The van der Waals surface area contributed by atoms with Crippen LogP contribution in [0, 0.1) is 6.92 Å². The number of methoxy groups -OCH3 is 1. The molecule has 0 spiro atoms. The summed E-state index contributed by atoms with van der Waals surface area (Å²) in [6, 6.07) is 9.06. The van der Waals surface area contributed by atoms with E-state index in [4.69, 9.17) is 4.74 Å². The van der Waals surface area contributed by atoms with E-state index >= 15 is 0 Å². The molecule has 0 saturated heterocycles. The fourth-order valence-corrected chi connectivity index (χ4v) is 2.24. The van der Waals surface area contributed by atoms with Gasteiger partial charge in [-0.15, -0.1) is 0 Å². The molecular weight excluding hydrogens is 222 g/mol. The van der Waals surface area contributed by atoms with Gasteiger partial charge in [0.25, 0.3) is 0 Å². The van der Waals surface area contributed by atoms with Crippen molar-refractivity contribution in [2.45, 2.75) is 52.2 Å². The minimum absolute atomic E-state index is 0.0465. The van der Waals surface area contributed by atoms with Gasteiger partial charge < -0.3 is 10.1 Å². The van der Waals surface area contributed by atoms with E-state index in [9.17, 15) is 0 Å². The third-order valence-electron chi connectivity index (χ3n) is 3.50. The summed E-state index contributed by atoms with van der Waals surface area (Å²) in [4.78, 5) is 0. The Morgan fingerprint density at radius 2 is 1.94 bits per heavy atom. The SMILES string of the molecule is COC(C)(C)CC(C)NCCc1ccccc1C. The molecule has 2 nitrogen and oxygen atoms in total. The lowest BCUT2D eigenvalue weighted by atomic mass is 9.99. The highest BCUT2D eigenvalue weighted by Gasteiger charge is 2.19. The van der Waals surface area contributed by atoms with Gasteiger partial charge in [0.2, 0.25) is 0 Å². The van der Waals surface area contributed by atoms with E-state index in [1.165, 1.54) is 11.1 Å². The molecule has 1 N–H and O–H groups in total. The normalized spacial score (nSPS) is 13.6. The zero-order valence-electron chi connectivity index (χ0n) is 12.4. The highest BCUT2D eigenvalue weighted by molar-refractivity contribution is 5.25. The molecule has 1 aromatic carbocycles. The van der Waals surface area contributed by atoms with Crippen LogP contribution in [0.25, 0.3) is 0 Å². The Kier molecular flexibility index (Phi) is 5.83. The summed E-state index contributed by atoms with van der Waals surface area (Å²) in [6.45, 7) is 9.68. The summed E-state index contributed by atoms with van der Waals surface area (Å²) in [6.07, 6.45) is 2.11. The molecule has 1 rings (SSSR count). The zero-order chi connectivity index (χ0) is 13.6. The second-order valence-electron chi connectivity index (χ2n) is 5.70. The van der Waals surface area contributed by atoms with Crippen molar-refractivity contribution >= 4 is 0 Å². The van der Waals surface area contributed by atoms with Crippen molar-refractivity contribution in [3.05, 3.63) is 35.4 Å². The Balaban J connectivity index is 2.32. The maximum Gasteiger partial charge on any atom is 0.0637 e. The molecule has 0 amide bonds. The number of rotatable bonds is 7. The fraction of sp³-hybridized carbons (Fsp3) is 0.625. The van der Waals surface area contributed by atoms with Gasteiger partial charge in [0.05, 0.1) is 5.60 Å². The number of hydrogen-bond donors (Lipinski definition) is 1. The van der Waals surface area contributed by atoms with Crippen LogP contribution in [0.4, 0.5) is 0 Å².